The highest BCUT2D eigenvalue weighted by Gasteiger charge is 2.33. The third kappa shape index (κ3) is 8.30. The summed E-state index contributed by atoms with van der Waals surface area (Å²) in [6.07, 6.45) is 8.72. The molecule has 1 aliphatic carbocycles. The van der Waals surface area contributed by atoms with Crippen LogP contribution >= 0.6 is 11.8 Å². The van der Waals surface area contributed by atoms with Gasteiger partial charge in [-0.05, 0) is 43.6 Å². The minimum atomic E-state index is -0.851. The summed E-state index contributed by atoms with van der Waals surface area (Å²) in [7, 11) is 0. The van der Waals surface area contributed by atoms with Crippen molar-refractivity contribution in [3.05, 3.63) is 0 Å². The Kier molecular flexibility index (Phi) is 8.49. The van der Waals surface area contributed by atoms with E-state index < -0.39 is 5.97 Å². The Bertz CT molecular complexity index is 309. The molecule has 1 saturated carbocycles. The van der Waals surface area contributed by atoms with Gasteiger partial charge in [0.1, 0.15) is 0 Å². The maximum atomic E-state index is 11.7. The standard InChI is InChI=1S/C14H26N2O3S/c1-20-9-5-3-2-4-8-15-14(19)16-12(10-13(17)18)11-6-7-11/h11-12H,2-10H2,1H3,(H,17,18)(H2,15,16,19). The van der Waals surface area contributed by atoms with Crippen molar-refractivity contribution < 1.29 is 14.7 Å². The van der Waals surface area contributed by atoms with Crippen molar-refractivity contribution in [3.8, 4) is 0 Å². The van der Waals surface area contributed by atoms with E-state index in [1.165, 1.54) is 18.6 Å². The number of rotatable bonds is 11. The van der Waals surface area contributed by atoms with Crippen LogP contribution in [0, 0.1) is 5.92 Å². The van der Waals surface area contributed by atoms with Crippen molar-refractivity contribution in [2.45, 2.75) is 51.0 Å². The fourth-order valence-corrected chi connectivity index (χ4v) is 2.66. The molecule has 116 valence electrons. The van der Waals surface area contributed by atoms with Crippen molar-refractivity contribution in [3.63, 3.8) is 0 Å². The first-order chi connectivity index (χ1) is 9.63. The first-order valence-electron chi connectivity index (χ1n) is 7.38. The molecule has 0 radical (unpaired) electrons. The zero-order valence-electron chi connectivity index (χ0n) is 12.2. The summed E-state index contributed by atoms with van der Waals surface area (Å²) in [4.78, 5) is 22.4. The number of aliphatic carboxylic acids is 1. The first-order valence-corrected chi connectivity index (χ1v) is 8.78. The summed E-state index contributed by atoms with van der Waals surface area (Å²) in [5.74, 6) is 0.700. The fraction of sp³-hybridized carbons (Fsp3) is 0.857. The molecule has 0 aliphatic heterocycles. The third-order valence-electron chi connectivity index (χ3n) is 3.46. The van der Waals surface area contributed by atoms with Gasteiger partial charge < -0.3 is 15.7 Å². The number of hydrogen-bond acceptors (Lipinski definition) is 3. The average molecular weight is 302 g/mol. The highest BCUT2D eigenvalue weighted by atomic mass is 32.2. The zero-order chi connectivity index (χ0) is 14.8. The Morgan fingerprint density at radius 2 is 1.95 bits per heavy atom. The summed E-state index contributed by atoms with van der Waals surface area (Å²) >= 11 is 1.86. The van der Waals surface area contributed by atoms with Crippen LogP contribution in [0.25, 0.3) is 0 Å². The van der Waals surface area contributed by atoms with Gasteiger partial charge in [0, 0.05) is 12.6 Å². The maximum Gasteiger partial charge on any atom is 0.315 e. The van der Waals surface area contributed by atoms with Gasteiger partial charge in [-0.25, -0.2) is 4.79 Å². The second-order valence-corrected chi connectivity index (χ2v) is 6.33. The predicted octanol–water partition coefficient (Wildman–Crippen LogP) is 2.46. The molecule has 20 heavy (non-hydrogen) atoms. The topological polar surface area (TPSA) is 78.4 Å². The summed E-state index contributed by atoms with van der Waals surface area (Å²) in [6.45, 7) is 0.662. The Morgan fingerprint density at radius 1 is 1.25 bits per heavy atom. The van der Waals surface area contributed by atoms with Crippen LogP contribution in [-0.4, -0.2) is 41.7 Å². The molecule has 0 heterocycles. The molecule has 1 rings (SSSR count). The van der Waals surface area contributed by atoms with Crippen LogP contribution < -0.4 is 10.6 Å². The average Bonchev–Trinajstić information content (AvgIpc) is 3.20. The molecule has 0 bridgehead atoms. The molecule has 0 aromatic heterocycles. The molecule has 0 aromatic carbocycles. The molecule has 3 N–H and O–H groups in total. The number of amides is 2. The summed E-state index contributed by atoms with van der Waals surface area (Å²) in [6, 6.07) is -0.443. The summed E-state index contributed by atoms with van der Waals surface area (Å²) in [5.41, 5.74) is 0. The van der Waals surface area contributed by atoms with E-state index in [0.717, 1.165) is 25.7 Å². The normalized spacial score (nSPS) is 15.7. The maximum absolute atomic E-state index is 11.7. The SMILES string of the molecule is CSCCCCCCNC(=O)NC(CC(=O)O)C1CC1. The molecular weight excluding hydrogens is 276 g/mol. The number of nitrogens with one attached hydrogen (secondary N) is 2. The quantitative estimate of drug-likeness (QED) is 0.512. The lowest BCUT2D eigenvalue weighted by molar-refractivity contribution is -0.137. The Labute approximate surface area is 125 Å². The number of carboxylic acid groups (broad SMARTS) is 1. The largest absolute Gasteiger partial charge is 0.481 e. The van der Waals surface area contributed by atoms with Crippen LogP contribution in [0.2, 0.25) is 0 Å². The van der Waals surface area contributed by atoms with Crippen LogP contribution in [0.5, 0.6) is 0 Å². The van der Waals surface area contributed by atoms with Gasteiger partial charge in [-0.15, -0.1) is 0 Å². The van der Waals surface area contributed by atoms with E-state index in [-0.39, 0.29) is 18.5 Å². The van der Waals surface area contributed by atoms with E-state index in [1.807, 2.05) is 11.8 Å². The number of unbranched alkanes of at least 4 members (excludes halogenated alkanes) is 3. The van der Waals surface area contributed by atoms with Crippen LogP contribution in [0.15, 0.2) is 0 Å². The highest BCUT2D eigenvalue weighted by Crippen LogP contribution is 2.33. The number of thioether (sulfide) groups is 1. The van der Waals surface area contributed by atoms with Gasteiger partial charge in [0.25, 0.3) is 0 Å². The van der Waals surface area contributed by atoms with Gasteiger partial charge >= 0.3 is 12.0 Å². The number of carboxylic acids is 1. The zero-order valence-corrected chi connectivity index (χ0v) is 13.0. The van der Waals surface area contributed by atoms with Crippen LogP contribution in [0.3, 0.4) is 0 Å². The lowest BCUT2D eigenvalue weighted by Crippen LogP contribution is -2.44. The van der Waals surface area contributed by atoms with E-state index in [4.69, 9.17) is 5.11 Å². The number of carbonyl (C=O) groups is 2. The van der Waals surface area contributed by atoms with Gasteiger partial charge in [-0.3, -0.25) is 4.79 Å². The van der Waals surface area contributed by atoms with Crippen molar-refractivity contribution >= 4 is 23.8 Å². The van der Waals surface area contributed by atoms with Gasteiger partial charge in [-0.1, -0.05) is 12.8 Å². The van der Waals surface area contributed by atoms with E-state index >= 15 is 0 Å². The van der Waals surface area contributed by atoms with Gasteiger partial charge in [0.2, 0.25) is 0 Å². The van der Waals surface area contributed by atoms with Crippen molar-refractivity contribution in [2.24, 2.45) is 5.92 Å². The molecule has 1 atom stereocenters. The second kappa shape index (κ2) is 9.91. The third-order valence-corrected chi connectivity index (χ3v) is 4.16. The van der Waals surface area contributed by atoms with Crippen molar-refractivity contribution in [1.29, 1.82) is 0 Å². The molecule has 1 unspecified atom stereocenters. The summed E-state index contributed by atoms with van der Waals surface area (Å²) < 4.78 is 0. The van der Waals surface area contributed by atoms with Crippen LogP contribution in [0.1, 0.15) is 44.9 Å². The lowest BCUT2D eigenvalue weighted by Gasteiger charge is -2.16. The lowest BCUT2D eigenvalue weighted by atomic mass is 10.1. The predicted molar refractivity (Wildman–Crippen MR) is 82.1 cm³/mol. The monoisotopic (exact) mass is 302 g/mol. The van der Waals surface area contributed by atoms with Crippen molar-refractivity contribution in [1.82, 2.24) is 10.6 Å². The molecule has 2 amide bonds. The minimum Gasteiger partial charge on any atom is -0.481 e. The molecule has 5 nitrogen and oxygen atoms in total. The van der Waals surface area contributed by atoms with Gasteiger partial charge in [0.05, 0.1) is 6.42 Å². The van der Waals surface area contributed by atoms with Gasteiger partial charge in [0.15, 0.2) is 0 Å². The van der Waals surface area contributed by atoms with Gasteiger partial charge in [-0.2, -0.15) is 11.8 Å². The molecular formula is C14H26N2O3S. The molecule has 0 aromatic rings. The number of carbonyl (C=O) groups excluding carboxylic acids is 1. The van der Waals surface area contributed by atoms with E-state index in [0.29, 0.717) is 12.5 Å². The van der Waals surface area contributed by atoms with Crippen LogP contribution in [-0.2, 0) is 4.79 Å². The minimum absolute atomic E-state index is 0.0206. The Hall–Kier alpha value is -0.910. The molecule has 0 saturated heterocycles. The van der Waals surface area contributed by atoms with E-state index in [9.17, 15) is 9.59 Å². The molecule has 1 aliphatic rings. The van der Waals surface area contributed by atoms with E-state index in [2.05, 4.69) is 16.9 Å². The highest BCUT2D eigenvalue weighted by molar-refractivity contribution is 7.98. The molecule has 0 spiro atoms. The van der Waals surface area contributed by atoms with Crippen molar-refractivity contribution in [2.75, 3.05) is 18.6 Å². The smallest absolute Gasteiger partial charge is 0.315 e. The second-order valence-electron chi connectivity index (χ2n) is 5.35. The number of hydrogen-bond donors (Lipinski definition) is 3. The Balaban J connectivity index is 2.05. The summed E-state index contributed by atoms with van der Waals surface area (Å²) in [5, 5.41) is 14.4. The number of urea groups is 1. The Morgan fingerprint density at radius 3 is 2.55 bits per heavy atom. The fourth-order valence-electron chi connectivity index (χ4n) is 2.17. The van der Waals surface area contributed by atoms with Crippen LogP contribution in [0.4, 0.5) is 4.79 Å². The first kappa shape index (κ1) is 17.1. The molecule has 1 fully saturated rings. The van der Waals surface area contributed by atoms with E-state index in [1.54, 1.807) is 0 Å². The molecule has 6 heteroatoms.